The average molecular weight is 465 g/mol. The topological polar surface area (TPSA) is 92.2 Å². The summed E-state index contributed by atoms with van der Waals surface area (Å²) in [5.74, 6) is 1.02. The monoisotopic (exact) mass is 464 g/mol. The van der Waals surface area contributed by atoms with E-state index in [1.54, 1.807) is 13.0 Å². The molecule has 3 aliphatic rings. The first-order chi connectivity index (χ1) is 16.2. The van der Waals surface area contributed by atoms with Gasteiger partial charge in [0, 0.05) is 12.2 Å². The zero-order valence-electron chi connectivity index (χ0n) is 18.3. The second kappa shape index (κ2) is 9.27. The molecule has 8 nitrogen and oxygen atoms in total. The molecule has 0 unspecified atom stereocenters. The van der Waals surface area contributed by atoms with Crippen LogP contribution in [0.3, 0.4) is 0 Å². The second-order valence-electron chi connectivity index (χ2n) is 7.82. The molecule has 0 fully saturated rings. The van der Waals surface area contributed by atoms with Crippen molar-refractivity contribution < 1.29 is 13.9 Å². The van der Waals surface area contributed by atoms with Crippen LogP contribution in [0.5, 0.6) is 0 Å². The molecule has 2 aromatic rings. The van der Waals surface area contributed by atoms with Crippen LogP contribution in [-0.4, -0.2) is 31.9 Å². The highest BCUT2D eigenvalue weighted by Crippen LogP contribution is 2.32. The molecule has 0 N–H and O–H groups in total. The molecule has 4 heterocycles. The zero-order valence-corrected chi connectivity index (χ0v) is 19.1. The first kappa shape index (κ1) is 21.5. The maximum absolute atomic E-state index is 13.3. The van der Waals surface area contributed by atoms with Crippen LogP contribution in [0.4, 0.5) is 0 Å². The van der Waals surface area contributed by atoms with Crippen LogP contribution in [0.1, 0.15) is 48.0 Å². The van der Waals surface area contributed by atoms with E-state index in [1.165, 1.54) is 22.7 Å². The average Bonchev–Trinajstić information content (AvgIpc) is 3.34. The molecular weight excluding hydrogens is 440 g/mol. The summed E-state index contributed by atoms with van der Waals surface area (Å²) in [5, 5.41) is 5.33. The summed E-state index contributed by atoms with van der Waals surface area (Å²) >= 11 is 1.48. The van der Waals surface area contributed by atoms with Gasteiger partial charge in [0.2, 0.25) is 0 Å². The Bertz CT molecular complexity index is 1310. The molecule has 0 radical (unpaired) electrons. The Morgan fingerprint density at radius 2 is 2.03 bits per heavy atom. The third-order valence-electron chi connectivity index (χ3n) is 5.74. The predicted octanol–water partition coefficient (Wildman–Crippen LogP) is 4.32. The van der Waals surface area contributed by atoms with E-state index in [-0.39, 0.29) is 5.56 Å². The van der Waals surface area contributed by atoms with E-state index in [4.69, 9.17) is 14.1 Å². The number of carbonyl (C=O) groups excluding carboxylic acids is 1. The lowest BCUT2D eigenvalue weighted by Gasteiger charge is -2.17. The normalized spacial score (nSPS) is 13.6. The molecule has 0 saturated heterocycles. The van der Waals surface area contributed by atoms with Gasteiger partial charge in [0.05, 0.1) is 24.3 Å². The number of nitrogens with zero attached hydrogens (tertiary/aromatic N) is 4. The number of benzene rings is 1. The van der Waals surface area contributed by atoms with Gasteiger partial charge in [0.15, 0.2) is 11.0 Å². The van der Waals surface area contributed by atoms with E-state index in [9.17, 15) is 9.59 Å². The fourth-order valence-electron chi connectivity index (χ4n) is 4.18. The maximum atomic E-state index is 13.3. The first-order valence-electron chi connectivity index (χ1n) is 11.1. The second-order valence-corrected chi connectivity index (χ2v) is 8.76. The Hall–Kier alpha value is -3.33. The van der Waals surface area contributed by atoms with E-state index in [0.717, 1.165) is 48.8 Å². The number of para-hydroxylation sites is 1. The van der Waals surface area contributed by atoms with Crippen molar-refractivity contribution in [2.45, 2.75) is 50.1 Å². The molecule has 0 aliphatic carbocycles. The van der Waals surface area contributed by atoms with E-state index in [1.807, 2.05) is 30.3 Å². The van der Waals surface area contributed by atoms with Crippen molar-refractivity contribution >= 4 is 17.7 Å². The summed E-state index contributed by atoms with van der Waals surface area (Å²) in [6, 6.07) is 11.0. The summed E-state index contributed by atoms with van der Waals surface area (Å²) in [4.78, 5) is 30.3. The number of rotatable bonds is 6. The summed E-state index contributed by atoms with van der Waals surface area (Å²) in [7, 11) is 0. The molecule has 33 heavy (non-hydrogen) atoms. The Labute approximate surface area is 194 Å². The van der Waals surface area contributed by atoms with Crippen molar-refractivity contribution in [2.24, 2.45) is 0 Å². The Balaban J connectivity index is 1.55. The van der Waals surface area contributed by atoms with Gasteiger partial charge in [-0.2, -0.15) is 4.68 Å². The molecule has 5 rings (SSSR count). The number of fused-ring (bicyclic) bond motifs is 3. The van der Waals surface area contributed by atoms with Gasteiger partial charge in [-0.25, -0.2) is 9.78 Å². The molecule has 1 aromatic carbocycles. The highest BCUT2D eigenvalue weighted by Gasteiger charge is 2.27. The van der Waals surface area contributed by atoms with E-state index >= 15 is 0 Å². The fourth-order valence-corrected chi connectivity index (χ4v) is 5.17. The van der Waals surface area contributed by atoms with Crippen molar-refractivity contribution in [3.05, 3.63) is 70.0 Å². The van der Waals surface area contributed by atoms with Crippen LogP contribution in [0.25, 0.3) is 17.1 Å². The molecule has 9 heteroatoms. The van der Waals surface area contributed by atoms with Crippen LogP contribution in [0.2, 0.25) is 0 Å². The minimum Gasteiger partial charge on any atom is -0.468 e. The number of hydrogen-bond donors (Lipinski definition) is 0. The fraction of sp³-hybridized carbons (Fsp3) is 0.333. The minimum absolute atomic E-state index is 0.137. The van der Waals surface area contributed by atoms with Crippen molar-refractivity contribution in [1.29, 1.82) is 0 Å². The van der Waals surface area contributed by atoms with Gasteiger partial charge in [-0.15, -0.1) is 5.10 Å². The van der Waals surface area contributed by atoms with Gasteiger partial charge in [-0.05, 0) is 44.4 Å². The SMILES string of the molecule is CCOC(=O)c1ccoc1CSc1nc2nn(-c3ccccc3)c(=O)c-2c2n1CCCCC2. The largest absolute Gasteiger partial charge is 0.468 e. The lowest BCUT2D eigenvalue weighted by atomic mass is 10.1. The predicted molar refractivity (Wildman–Crippen MR) is 124 cm³/mol. The highest BCUT2D eigenvalue weighted by atomic mass is 32.2. The summed E-state index contributed by atoms with van der Waals surface area (Å²) in [5.41, 5.74) is 2.59. The lowest BCUT2D eigenvalue weighted by Crippen LogP contribution is -2.19. The van der Waals surface area contributed by atoms with E-state index in [0.29, 0.717) is 35.1 Å². The van der Waals surface area contributed by atoms with Crippen molar-refractivity contribution in [3.8, 4) is 17.1 Å². The van der Waals surface area contributed by atoms with Crippen LogP contribution in [-0.2, 0) is 23.5 Å². The summed E-state index contributed by atoms with van der Waals surface area (Å²) in [6.45, 7) is 2.87. The van der Waals surface area contributed by atoms with Gasteiger partial charge in [-0.3, -0.25) is 4.79 Å². The summed E-state index contributed by atoms with van der Waals surface area (Å²) in [6.07, 6.45) is 5.44. The number of carbonyl (C=O) groups is 1. The van der Waals surface area contributed by atoms with E-state index < -0.39 is 5.97 Å². The number of furan rings is 1. The number of thioether (sulfide) groups is 1. The van der Waals surface area contributed by atoms with E-state index in [2.05, 4.69) is 9.67 Å². The molecule has 170 valence electrons. The van der Waals surface area contributed by atoms with Crippen molar-refractivity contribution in [1.82, 2.24) is 19.3 Å². The number of aromatic nitrogens is 4. The quantitative estimate of drug-likeness (QED) is 0.238. The molecule has 3 aliphatic heterocycles. The molecule has 0 atom stereocenters. The molecular formula is C24H24N4O4S. The number of hydrogen-bond acceptors (Lipinski definition) is 7. The van der Waals surface area contributed by atoms with Gasteiger partial charge in [-0.1, -0.05) is 36.4 Å². The first-order valence-corrected chi connectivity index (χ1v) is 12.1. The maximum Gasteiger partial charge on any atom is 0.341 e. The Kier molecular flexibility index (Phi) is 6.04. The molecule has 0 saturated carbocycles. The van der Waals surface area contributed by atoms with Gasteiger partial charge in [0.1, 0.15) is 16.9 Å². The van der Waals surface area contributed by atoms with Crippen molar-refractivity contribution in [2.75, 3.05) is 6.61 Å². The van der Waals surface area contributed by atoms with Crippen LogP contribution in [0, 0.1) is 0 Å². The summed E-state index contributed by atoms with van der Waals surface area (Å²) < 4.78 is 14.3. The standard InChI is InChI=1S/C24H24N4O4S/c1-2-31-23(30)17-12-14-32-19(17)15-33-24-25-21-20(18-11-7-4-8-13-27(18)24)22(29)28(26-21)16-9-5-3-6-10-16/h3,5-6,9-10,12,14H,2,4,7-8,11,13,15H2,1H3. The van der Waals surface area contributed by atoms with Crippen LogP contribution >= 0.6 is 11.8 Å². The van der Waals surface area contributed by atoms with Crippen LogP contribution < -0.4 is 5.56 Å². The van der Waals surface area contributed by atoms with Gasteiger partial charge < -0.3 is 13.7 Å². The van der Waals surface area contributed by atoms with Crippen LogP contribution in [0.15, 0.2) is 57.0 Å². The smallest absolute Gasteiger partial charge is 0.341 e. The molecule has 0 amide bonds. The molecule has 1 aromatic heterocycles. The third-order valence-corrected chi connectivity index (χ3v) is 6.72. The Morgan fingerprint density at radius 3 is 2.85 bits per heavy atom. The zero-order chi connectivity index (χ0) is 22.8. The highest BCUT2D eigenvalue weighted by molar-refractivity contribution is 7.98. The van der Waals surface area contributed by atoms with Crippen molar-refractivity contribution in [3.63, 3.8) is 0 Å². The minimum atomic E-state index is -0.394. The molecule has 0 spiro atoms. The number of ether oxygens (including phenoxy) is 1. The molecule has 0 bridgehead atoms. The van der Waals surface area contributed by atoms with Gasteiger partial charge >= 0.3 is 5.97 Å². The Morgan fingerprint density at radius 1 is 1.18 bits per heavy atom. The lowest BCUT2D eigenvalue weighted by molar-refractivity contribution is 0.0524. The van der Waals surface area contributed by atoms with Gasteiger partial charge in [0.25, 0.3) is 5.56 Å². The number of esters is 1. The third kappa shape index (κ3) is 4.08.